The van der Waals surface area contributed by atoms with Gasteiger partial charge in [-0.05, 0) is 30.5 Å². The maximum Gasteiger partial charge on any atom is 0.236 e. The van der Waals surface area contributed by atoms with Crippen LogP contribution in [-0.4, -0.2) is 19.0 Å². The molecule has 0 bridgehead atoms. The van der Waals surface area contributed by atoms with E-state index < -0.39 is 0 Å². The second kappa shape index (κ2) is 3.88. The lowest BCUT2D eigenvalue weighted by Crippen LogP contribution is -2.37. The lowest BCUT2D eigenvalue weighted by Gasteiger charge is -2.30. The highest BCUT2D eigenvalue weighted by Gasteiger charge is 2.18. The zero-order valence-corrected chi connectivity index (χ0v) is 8.37. The Balaban J connectivity index is 2.32. The molecular weight excluding hydrogens is 195 g/mol. The van der Waals surface area contributed by atoms with Crippen LogP contribution in [-0.2, 0) is 11.2 Å². The number of benzene rings is 1. The van der Waals surface area contributed by atoms with Crippen molar-refractivity contribution in [2.45, 2.75) is 12.8 Å². The van der Waals surface area contributed by atoms with Gasteiger partial charge in [-0.3, -0.25) is 4.79 Å². The van der Waals surface area contributed by atoms with Crippen LogP contribution in [0.5, 0.6) is 0 Å². The molecule has 0 saturated heterocycles. The Morgan fingerprint density at radius 2 is 2.33 bits per heavy atom. The molecule has 1 heterocycles. The topological polar surface area (TPSA) is 46.3 Å². The maximum absolute atomic E-state index is 13.1. The van der Waals surface area contributed by atoms with Gasteiger partial charge in [0.25, 0.3) is 0 Å². The molecule has 1 aromatic carbocycles. The van der Waals surface area contributed by atoms with Gasteiger partial charge in [0.2, 0.25) is 5.91 Å². The highest BCUT2D eigenvalue weighted by molar-refractivity contribution is 5.80. The van der Waals surface area contributed by atoms with Crippen LogP contribution in [0.3, 0.4) is 0 Å². The maximum atomic E-state index is 13.1. The van der Waals surface area contributed by atoms with Crippen LogP contribution in [0.2, 0.25) is 0 Å². The molecule has 80 valence electrons. The normalized spacial score (nSPS) is 14.9. The van der Waals surface area contributed by atoms with Gasteiger partial charge in [0.15, 0.2) is 0 Å². The molecule has 0 unspecified atom stereocenters. The summed E-state index contributed by atoms with van der Waals surface area (Å²) in [6, 6.07) is 4.70. The molecular formula is C11H13FN2O. The van der Waals surface area contributed by atoms with Gasteiger partial charge in [0.1, 0.15) is 5.82 Å². The standard InChI is InChI=1S/C11H13FN2O/c12-9-4-3-8-2-1-5-14(7-11(13)15)10(8)6-9/h3-4,6H,1-2,5,7H2,(H2,13,15). The van der Waals surface area contributed by atoms with Gasteiger partial charge in [0.05, 0.1) is 6.54 Å². The van der Waals surface area contributed by atoms with Crippen molar-refractivity contribution in [2.75, 3.05) is 18.0 Å². The number of hydrogen-bond acceptors (Lipinski definition) is 2. The minimum Gasteiger partial charge on any atom is -0.368 e. The third kappa shape index (κ3) is 2.09. The van der Waals surface area contributed by atoms with Crippen molar-refractivity contribution in [1.82, 2.24) is 0 Å². The fraction of sp³-hybridized carbons (Fsp3) is 0.364. The van der Waals surface area contributed by atoms with Crippen molar-refractivity contribution in [3.05, 3.63) is 29.6 Å². The summed E-state index contributed by atoms with van der Waals surface area (Å²) in [5, 5.41) is 0. The van der Waals surface area contributed by atoms with E-state index in [2.05, 4.69) is 0 Å². The monoisotopic (exact) mass is 208 g/mol. The highest BCUT2D eigenvalue weighted by Crippen LogP contribution is 2.27. The summed E-state index contributed by atoms with van der Waals surface area (Å²) in [5.74, 6) is -0.655. The molecule has 1 aliphatic heterocycles. The minimum atomic E-state index is -0.382. The first-order valence-electron chi connectivity index (χ1n) is 4.98. The predicted molar refractivity (Wildman–Crippen MR) is 56.1 cm³/mol. The van der Waals surface area contributed by atoms with Gasteiger partial charge >= 0.3 is 0 Å². The van der Waals surface area contributed by atoms with Crippen LogP contribution in [0.25, 0.3) is 0 Å². The number of amides is 1. The van der Waals surface area contributed by atoms with Gasteiger partial charge in [0, 0.05) is 12.2 Å². The number of nitrogens with two attached hydrogens (primary N) is 1. The van der Waals surface area contributed by atoms with Gasteiger partial charge < -0.3 is 10.6 Å². The predicted octanol–water partition coefficient (Wildman–Crippen LogP) is 1.06. The average molecular weight is 208 g/mol. The Morgan fingerprint density at radius 3 is 3.07 bits per heavy atom. The number of carbonyl (C=O) groups excluding carboxylic acids is 1. The second-order valence-corrected chi connectivity index (χ2v) is 3.76. The summed E-state index contributed by atoms with van der Waals surface area (Å²) < 4.78 is 13.1. The number of halogens is 1. The molecule has 0 aliphatic carbocycles. The molecule has 1 aliphatic rings. The van der Waals surface area contributed by atoms with E-state index in [0.717, 1.165) is 30.6 Å². The molecule has 3 nitrogen and oxygen atoms in total. The van der Waals surface area contributed by atoms with E-state index in [1.807, 2.05) is 4.90 Å². The number of anilines is 1. The minimum absolute atomic E-state index is 0.163. The molecule has 15 heavy (non-hydrogen) atoms. The zero-order chi connectivity index (χ0) is 10.8. The number of fused-ring (bicyclic) bond motifs is 1. The number of aryl methyl sites for hydroxylation is 1. The molecule has 2 N–H and O–H groups in total. The molecule has 0 radical (unpaired) electrons. The van der Waals surface area contributed by atoms with Crippen molar-refractivity contribution in [3.8, 4) is 0 Å². The number of rotatable bonds is 2. The van der Waals surface area contributed by atoms with Crippen LogP contribution in [0, 0.1) is 5.82 Å². The van der Waals surface area contributed by atoms with E-state index in [9.17, 15) is 9.18 Å². The summed E-state index contributed by atoms with van der Waals surface area (Å²) in [6.45, 7) is 0.926. The van der Waals surface area contributed by atoms with E-state index in [1.54, 1.807) is 6.07 Å². The van der Waals surface area contributed by atoms with Crippen LogP contribution in [0.15, 0.2) is 18.2 Å². The fourth-order valence-electron chi connectivity index (χ4n) is 1.98. The van der Waals surface area contributed by atoms with E-state index in [0.29, 0.717) is 0 Å². The van der Waals surface area contributed by atoms with Gasteiger partial charge in [-0.1, -0.05) is 6.07 Å². The smallest absolute Gasteiger partial charge is 0.236 e. The van der Waals surface area contributed by atoms with Crippen LogP contribution in [0.1, 0.15) is 12.0 Å². The molecule has 0 saturated carbocycles. The molecule has 0 atom stereocenters. The van der Waals surface area contributed by atoms with Crippen molar-refractivity contribution >= 4 is 11.6 Å². The van der Waals surface area contributed by atoms with E-state index >= 15 is 0 Å². The molecule has 0 aromatic heterocycles. The first kappa shape index (κ1) is 9.96. The average Bonchev–Trinajstić information content (AvgIpc) is 2.18. The summed E-state index contributed by atoms with van der Waals surface area (Å²) >= 11 is 0. The number of nitrogens with zero attached hydrogens (tertiary/aromatic N) is 1. The largest absolute Gasteiger partial charge is 0.368 e. The zero-order valence-electron chi connectivity index (χ0n) is 8.37. The Morgan fingerprint density at radius 1 is 1.53 bits per heavy atom. The summed E-state index contributed by atoms with van der Waals surface area (Å²) in [6.07, 6.45) is 1.91. The van der Waals surface area contributed by atoms with Crippen LogP contribution in [0.4, 0.5) is 10.1 Å². The third-order valence-electron chi connectivity index (χ3n) is 2.61. The summed E-state index contributed by atoms with van der Waals surface area (Å²) in [7, 11) is 0. The molecule has 0 fully saturated rings. The summed E-state index contributed by atoms with van der Waals surface area (Å²) in [5.41, 5.74) is 7.04. The Hall–Kier alpha value is -1.58. The first-order chi connectivity index (χ1) is 7.16. The molecule has 1 aromatic rings. The van der Waals surface area contributed by atoms with Crippen molar-refractivity contribution in [3.63, 3.8) is 0 Å². The first-order valence-corrected chi connectivity index (χ1v) is 4.98. The summed E-state index contributed by atoms with van der Waals surface area (Å²) in [4.78, 5) is 12.7. The van der Waals surface area contributed by atoms with Crippen LogP contribution < -0.4 is 10.6 Å². The number of hydrogen-bond donors (Lipinski definition) is 1. The number of primary amides is 1. The second-order valence-electron chi connectivity index (χ2n) is 3.76. The Bertz CT molecular complexity index is 392. The number of carbonyl (C=O) groups is 1. The van der Waals surface area contributed by atoms with Gasteiger partial charge in [-0.2, -0.15) is 0 Å². The third-order valence-corrected chi connectivity index (χ3v) is 2.61. The van der Waals surface area contributed by atoms with Crippen LogP contribution >= 0.6 is 0 Å². The van der Waals surface area contributed by atoms with Crippen molar-refractivity contribution in [2.24, 2.45) is 5.73 Å². The molecule has 1 amide bonds. The molecule has 2 rings (SSSR count). The SMILES string of the molecule is NC(=O)CN1CCCc2ccc(F)cc21. The Kier molecular flexibility index (Phi) is 2.58. The Labute approximate surface area is 87.7 Å². The highest BCUT2D eigenvalue weighted by atomic mass is 19.1. The van der Waals surface area contributed by atoms with Crippen molar-refractivity contribution < 1.29 is 9.18 Å². The van der Waals surface area contributed by atoms with Gasteiger partial charge in [-0.25, -0.2) is 4.39 Å². The van der Waals surface area contributed by atoms with E-state index in [-0.39, 0.29) is 18.3 Å². The van der Waals surface area contributed by atoms with E-state index in [4.69, 9.17) is 5.73 Å². The van der Waals surface area contributed by atoms with E-state index in [1.165, 1.54) is 12.1 Å². The lowest BCUT2D eigenvalue weighted by molar-refractivity contribution is -0.116. The quantitative estimate of drug-likeness (QED) is 0.790. The molecule has 4 heteroatoms. The van der Waals surface area contributed by atoms with Crippen molar-refractivity contribution in [1.29, 1.82) is 0 Å². The molecule has 0 spiro atoms. The van der Waals surface area contributed by atoms with Gasteiger partial charge in [-0.15, -0.1) is 0 Å². The fourth-order valence-corrected chi connectivity index (χ4v) is 1.98. The lowest BCUT2D eigenvalue weighted by atomic mass is 10.0.